The average Bonchev–Trinajstić information content (AvgIpc) is 2.79. The zero-order chi connectivity index (χ0) is 22.1. The smallest absolute Gasteiger partial charge is 0.264 e. The molecule has 0 unspecified atom stereocenters. The van der Waals surface area contributed by atoms with Gasteiger partial charge >= 0.3 is 0 Å². The lowest BCUT2D eigenvalue weighted by Crippen LogP contribution is -2.44. The molecule has 9 heteroatoms. The summed E-state index contributed by atoms with van der Waals surface area (Å²) in [6.07, 6.45) is 0. The minimum Gasteiger partial charge on any atom is -0.494 e. The van der Waals surface area contributed by atoms with E-state index in [4.69, 9.17) is 9.47 Å². The van der Waals surface area contributed by atoms with Gasteiger partial charge in [-0.15, -0.1) is 0 Å². The number of sulfonamides is 1. The molecule has 2 aromatic carbocycles. The molecule has 0 aromatic heterocycles. The summed E-state index contributed by atoms with van der Waals surface area (Å²) in [6, 6.07) is 14.8. The second kappa shape index (κ2) is 11.1. The number of hydrogen-bond donors (Lipinski definition) is 1. The SMILES string of the molecule is CCOc1ccc(N(CC(=O)NCCN2CCOCC2)S(=O)(=O)c2ccccc2)cc1. The maximum atomic E-state index is 13.3. The zero-order valence-corrected chi connectivity index (χ0v) is 18.5. The predicted octanol–water partition coefficient (Wildman–Crippen LogP) is 1.73. The van der Waals surface area contributed by atoms with Gasteiger partial charge in [0.05, 0.1) is 30.4 Å². The molecule has 2 aromatic rings. The first-order valence-corrected chi connectivity index (χ1v) is 11.8. The molecule has 1 aliphatic heterocycles. The maximum absolute atomic E-state index is 13.3. The minimum atomic E-state index is -3.92. The highest BCUT2D eigenvalue weighted by Gasteiger charge is 2.27. The van der Waals surface area contributed by atoms with Gasteiger partial charge in [0.15, 0.2) is 0 Å². The number of nitrogens with one attached hydrogen (secondary N) is 1. The fraction of sp³-hybridized carbons (Fsp3) is 0.409. The molecule has 1 fully saturated rings. The molecule has 1 N–H and O–H groups in total. The molecule has 31 heavy (non-hydrogen) atoms. The molecule has 168 valence electrons. The van der Waals surface area contributed by atoms with E-state index in [1.165, 1.54) is 12.1 Å². The third-order valence-corrected chi connectivity index (χ3v) is 6.70. The Morgan fingerprint density at radius 3 is 2.42 bits per heavy atom. The molecule has 1 amide bonds. The maximum Gasteiger partial charge on any atom is 0.264 e. The van der Waals surface area contributed by atoms with Gasteiger partial charge in [0, 0.05) is 26.2 Å². The fourth-order valence-electron chi connectivity index (χ4n) is 3.27. The van der Waals surface area contributed by atoms with E-state index in [1.54, 1.807) is 42.5 Å². The van der Waals surface area contributed by atoms with Crippen molar-refractivity contribution < 1.29 is 22.7 Å². The fourth-order valence-corrected chi connectivity index (χ4v) is 4.72. The number of morpholine rings is 1. The van der Waals surface area contributed by atoms with Crippen molar-refractivity contribution in [3.05, 3.63) is 54.6 Å². The molecule has 1 saturated heterocycles. The number of benzene rings is 2. The number of amides is 1. The van der Waals surface area contributed by atoms with E-state index in [-0.39, 0.29) is 17.3 Å². The van der Waals surface area contributed by atoms with E-state index in [2.05, 4.69) is 10.2 Å². The molecular weight excluding hydrogens is 418 g/mol. The van der Waals surface area contributed by atoms with Crippen molar-refractivity contribution in [2.45, 2.75) is 11.8 Å². The quantitative estimate of drug-likeness (QED) is 0.597. The molecule has 1 aliphatic rings. The van der Waals surface area contributed by atoms with Gasteiger partial charge in [-0.05, 0) is 43.3 Å². The number of anilines is 1. The van der Waals surface area contributed by atoms with Crippen LogP contribution < -0.4 is 14.4 Å². The summed E-state index contributed by atoms with van der Waals surface area (Å²) in [5.74, 6) is 0.278. The van der Waals surface area contributed by atoms with Crippen LogP contribution >= 0.6 is 0 Å². The van der Waals surface area contributed by atoms with Crippen LogP contribution in [-0.2, 0) is 19.6 Å². The van der Waals surface area contributed by atoms with Crippen molar-refractivity contribution >= 4 is 21.6 Å². The molecule has 0 aliphatic carbocycles. The van der Waals surface area contributed by atoms with Gasteiger partial charge in [0.2, 0.25) is 5.91 Å². The number of nitrogens with zero attached hydrogens (tertiary/aromatic N) is 2. The number of carbonyl (C=O) groups excluding carboxylic acids is 1. The highest BCUT2D eigenvalue weighted by Crippen LogP contribution is 2.25. The molecule has 0 bridgehead atoms. The topological polar surface area (TPSA) is 88.2 Å². The summed E-state index contributed by atoms with van der Waals surface area (Å²) in [6.45, 7) is 6.26. The van der Waals surface area contributed by atoms with Gasteiger partial charge in [-0.1, -0.05) is 18.2 Å². The highest BCUT2D eigenvalue weighted by molar-refractivity contribution is 7.92. The highest BCUT2D eigenvalue weighted by atomic mass is 32.2. The summed E-state index contributed by atoms with van der Waals surface area (Å²) in [5.41, 5.74) is 0.399. The van der Waals surface area contributed by atoms with Crippen LogP contribution in [0.15, 0.2) is 59.5 Å². The Morgan fingerprint density at radius 2 is 1.77 bits per heavy atom. The van der Waals surface area contributed by atoms with E-state index in [0.717, 1.165) is 17.4 Å². The molecule has 1 heterocycles. The van der Waals surface area contributed by atoms with Crippen LogP contribution in [0.2, 0.25) is 0 Å². The van der Waals surface area contributed by atoms with Crippen molar-refractivity contribution in [2.75, 3.05) is 56.8 Å². The third-order valence-electron chi connectivity index (χ3n) is 4.91. The van der Waals surface area contributed by atoms with Crippen LogP contribution in [0.5, 0.6) is 5.75 Å². The molecule has 0 saturated carbocycles. The average molecular weight is 448 g/mol. The minimum absolute atomic E-state index is 0.130. The number of hydrogen-bond acceptors (Lipinski definition) is 6. The molecule has 8 nitrogen and oxygen atoms in total. The summed E-state index contributed by atoms with van der Waals surface area (Å²) in [5, 5.41) is 2.83. The summed E-state index contributed by atoms with van der Waals surface area (Å²) < 4.78 is 38.5. The second-order valence-electron chi connectivity index (χ2n) is 7.06. The zero-order valence-electron chi connectivity index (χ0n) is 17.7. The lowest BCUT2D eigenvalue weighted by molar-refractivity contribution is -0.119. The van der Waals surface area contributed by atoms with Gasteiger partial charge < -0.3 is 14.8 Å². The standard InChI is InChI=1S/C22H29N3O5S/c1-2-30-20-10-8-19(9-11-20)25(31(27,28)21-6-4-3-5-7-21)18-22(26)23-12-13-24-14-16-29-17-15-24/h3-11H,2,12-18H2,1H3,(H,23,26). The first-order valence-electron chi connectivity index (χ1n) is 10.4. The Hall–Kier alpha value is -2.62. The predicted molar refractivity (Wildman–Crippen MR) is 119 cm³/mol. The van der Waals surface area contributed by atoms with Crippen LogP contribution in [0, 0.1) is 0 Å². The first-order chi connectivity index (χ1) is 15.0. The lowest BCUT2D eigenvalue weighted by Gasteiger charge is -2.27. The third kappa shape index (κ3) is 6.43. The Kier molecular flexibility index (Phi) is 8.27. The first kappa shape index (κ1) is 23.1. The van der Waals surface area contributed by atoms with E-state index < -0.39 is 10.0 Å². The molecular formula is C22H29N3O5S. The van der Waals surface area contributed by atoms with Gasteiger partial charge in [-0.3, -0.25) is 14.0 Å². The Labute approximate surface area is 183 Å². The molecule has 0 atom stereocenters. The van der Waals surface area contributed by atoms with Crippen molar-refractivity contribution in [3.8, 4) is 5.75 Å². The van der Waals surface area contributed by atoms with Crippen LogP contribution in [0.25, 0.3) is 0 Å². The number of rotatable bonds is 10. The molecule has 0 radical (unpaired) electrons. The Balaban J connectivity index is 1.73. The molecule has 0 spiro atoms. The van der Waals surface area contributed by atoms with Gasteiger partial charge in [-0.2, -0.15) is 0 Å². The van der Waals surface area contributed by atoms with Crippen molar-refractivity contribution in [1.29, 1.82) is 0 Å². The van der Waals surface area contributed by atoms with E-state index in [1.807, 2.05) is 6.92 Å². The van der Waals surface area contributed by atoms with E-state index >= 15 is 0 Å². The van der Waals surface area contributed by atoms with Gasteiger partial charge in [0.1, 0.15) is 12.3 Å². The van der Waals surface area contributed by atoms with Crippen molar-refractivity contribution in [3.63, 3.8) is 0 Å². The summed E-state index contributed by atoms with van der Waals surface area (Å²) >= 11 is 0. The number of ether oxygens (including phenoxy) is 2. The summed E-state index contributed by atoms with van der Waals surface area (Å²) in [4.78, 5) is 15.0. The lowest BCUT2D eigenvalue weighted by atomic mass is 10.3. The Morgan fingerprint density at radius 1 is 1.10 bits per heavy atom. The monoisotopic (exact) mass is 447 g/mol. The Bertz CT molecular complexity index is 929. The van der Waals surface area contributed by atoms with E-state index in [0.29, 0.717) is 44.3 Å². The van der Waals surface area contributed by atoms with Crippen LogP contribution in [0.4, 0.5) is 5.69 Å². The summed E-state index contributed by atoms with van der Waals surface area (Å²) in [7, 11) is -3.92. The van der Waals surface area contributed by atoms with Gasteiger partial charge in [0.25, 0.3) is 10.0 Å². The molecule has 3 rings (SSSR count). The van der Waals surface area contributed by atoms with Gasteiger partial charge in [-0.25, -0.2) is 8.42 Å². The largest absolute Gasteiger partial charge is 0.494 e. The van der Waals surface area contributed by atoms with E-state index in [9.17, 15) is 13.2 Å². The van der Waals surface area contributed by atoms with Crippen LogP contribution in [-0.4, -0.2) is 71.8 Å². The van der Waals surface area contributed by atoms with Crippen LogP contribution in [0.3, 0.4) is 0 Å². The van der Waals surface area contributed by atoms with Crippen molar-refractivity contribution in [1.82, 2.24) is 10.2 Å². The normalized spacial score (nSPS) is 14.7. The second-order valence-corrected chi connectivity index (χ2v) is 8.92. The number of carbonyl (C=O) groups is 1. The van der Waals surface area contributed by atoms with Crippen molar-refractivity contribution in [2.24, 2.45) is 0 Å². The van der Waals surface area contributed by atoms with Crippen LogP contribution in [0.1, 0.15) is 6.92 Å².